The highest BCUT2D eigenvalue weighted by atomic mass is 16.5. The second-order valence-electron chi connectivity index (χ2n) is 7.26. The quantitative estimate of drug-likeness (QED) is 0.678. The molecule has 4 heteroatoms. The van der Waals surface area contributed by atoms with Gasteiger partial charge >= 0.3 is 0 Å². The summed E-state index contributed by atoms with van der Waals surface area (Å²) in [6.45, 7) is 5.37. The van der Waals surface area contributed by atoms with Gasteiger partial charge in [-0.1, -0.05) is 36.8 Å². The molecule has 0 bridgehead atoms. The van der Waals surface area contributed by atoms with Crippen LogP contribution in [0.4, 0.5) is 0 Å². The minimum atomic E-state index is -0.0760. The van der Waals surface area contributed by atoms with Crippen molar-refractivity contribution < 1.29 is 9.53 Å². The summed E-state index contributed by atoms with van der Waals surface area (Å²) in [4.78, 5) is 15.1. The predicted molar refractivity (Wildman–Crippen MR) is 109 cm³/mol. The van der Waals surface area contributed by atoms with Crippen molar-refractivity contribution in [2.45, 2.75) is 45.1 Å². The molecule has 1 heterocycles. The number of hydrogen-bond donors (Lipinski definition) is 1. The maximum Gasteiger partial charge on any atom is 0.255 e. The van der Waals surface area contributed by atoms with Gasteiger partial charge in [-0.25, -0.2) is 0 Å². The Kier molecular flexibility index (Phi) is 7.28. The summed E-state index contributed by atoms with van der Waals surface area (Å²) < 4.78 is 5.88. The molecular weight excluding hydrogens is 336 g/mol. The first kappa shape index (κ1) is 19.4. The van der Waals surface area contributed by atoms with E-state index in [0.29, 0.717) is 23.9 Å². The van der Waals surface area contributed by atoms with Gasteiger partial charge in [-0.3, -0.25) is 4.79 Å². The van der Waals surface area contributed by atoms with Crippen LogP contribution < -0.4 is 10.1 Å². The van der Waals surface area contributed by atoms with Gasteiger partial charge in [0, 0.05) is 12.6 Å². The fraction of sp³-hybridized carbons (Fsp3) is 0.435. The number of benzene rings is 2. The van der Waals surface area contributed by atoms with Crippen molar-refractivity contribution in [2.24, 2.45) is 0 Å². The van der Waals surface area contributed by atoms with E-state index in [1.54, 1.807) is 0 Å². The van der Waals surface area contributed by atoms with Crippen LogP contribution in [-0.2, 0) is 0 Å². The Hall–Kier alpha value is -2.33. The molecule has 2 aromatic carbocycles. The molecule has 3 rings (SSSR count). The summed E-state index contributed by atoms with van der Waals surface area (Å²) >= 11 is 0. The molecule has 27 heavy (non-hydrogen) atoms. The minimum absolute atomic E-state index is 0.0760. The first-order valence-electron chi connectivity index (χ1n) is 10.1. The van der Waals surface area contributed by atoms with Crippen molar-refractivity contribution in [2.75, 3.05) is 19.6 Å². The SMILES string of the molecule is CC1CCCCN1CCCCNC(=O)c1ccccc1Oc1ccccc1. The Bertz CT molecular complexity index is 717. The van der Waals surface area contributed by atoms with Crippen LogP contribution in [0.3, 0.4) is 0 Å². The summed E-state index contributed by atoms with van der Waals surface area (Å²) in [6, 6.07) is 17.6. The number of carbonyl (C=O) groups is 1. The predicted octanol–water partition coefficient (Wildman–Crippen LogP) is 4.86. The Morgan fingerprint density at radius 3 is 2.67 bits per heavy atom. The number of likely N-dealkylation sites (tertiary alicyclic amines) is 1. The van der Waals surface area contributed by atoms with Crippen LogP contribution >= 0.6 is 0 Å². The molecule has 1 atom stereocenters. The van der Waals surface area contributed by atoms with E-state index in [1.807, 2.05) is 54.6 Å². The van der Waals surface area contributed by atoms with E-state index in [4.69, 9.17) is 4.74 Å². The minimum Gasteiger partial charge on any atom is -0.457 e. The van der Waals surface area contributed by atoms with Crippen molar-refractivity contribution >= 4 is 5.91 Å². The second kappa shape index (κ2) is 10.1. The summed E-state index contributed by atoms with van der Waals surface area (Å²) in [5, 5.41) is 3.04. The molecule has 1 unspecified atom stereocenters. The van der Waals surface area contributed by atoms with E-state index in [2.05, 4.69) is 17.1 Å². The highest BCUT2D eigenvalue weighted by Crippen LogP contribution is 2.25. The van der Waals surface area contributed by atoms with Gasteiger partial charge in [0.05, 0.1) is 5.56 Å². The first-order valence-corrected chi connectivity index (χ1v) is 10.1. The van der Waals surface area contributed by atoms with Crippen LogP contribution in [0.5, 0.6) is 11.5 Å². The largest absolute Gasteiger partial charge is 0.457 e. The van der Waals surface area contributed by atoms with Crippen molar-refractivity contribution in [1.82, 2.24) is 10.2 Å². The molecule has 0 spiro atoms. The van der Waals surface area contributed by atoms with E-state index in [0.717, 1.165) is 25.1 Å². The average molecular weight is 367 g/mol. The van der Waals surface area contributed by atoms with E-state index < -0.39 is 0 Å². The van der Waals surface area contributed by atoms with Crippen LogP contribution in [0.2, 0.25) is 0 Å². The fourth-order valence-corrected chi connectivity index (χ4v) is 3.59. The van der Waals surface area contributed by atoms with Gasteiger partial charge in [0.1, 0.15) is 11.5 Å². The highest BCUT2D eigenvalue weighted by molar-refractivity contribution is 5.96. The zero-order chi connectivity index (χ0) is 18.9. The third-order valence-electron chi connectivity index (χ3n) is 5.20. The molecule has 1 saturated heterocycles. The van der Waals surface area contributed by atoms with Gasteiger partial charge in [-0.15, -0.1) is 0 Å². The maximum atomic E-state index is 12.6. The Morgan fingerprint density at radius 1 is 1.07 bits per heavy atom. The molecule has 1 aliphatic rings. The van der Waals surface area contributed by atoms with E-state index in [9.17, 15) is 4.79 Å². The Balaban J connectivity index is 1.45. The average Bonchev–Trinajstić information content (AvgIpc) is 2.70. The van der Waals surface area contributed by atoms with Gasteiger partial charge in [-0.2, -0.15) is 0 Å². The Morgan fingerprint density at radius 2 is 1.85 bits per heavy atom. The molecule has 1 aliphatic heterocycles. The molecule has 1 fully saturated rings. The van der Waals surface area contributed by atoms with Crippen LogP contribution in [-0.4, -0.2) is 36.5 Å². The number of para-hydroxylation sites is 2. The van der Waals surface area contributed by atoms with Crippen LogP contribution in [0.25, 0.3) is 0 Å². The van der Waals surface area contributed by atoms with Crippen LogP contribution in [0, 0.1) is 0 Å². The number of nitrogens with one attached hydrogen (secondary N) is 1. The second-order valence-corrected chi connectivity index (χ2v) is 7.26. The van der Waals surface area contributed by atoms with Gasteiger partial charge in [-0.05, 0) is 70.0 Å². The first-order chi connectivity index (χ1) is 13.2. The topological polar surface area (TPSA) is 41.6 Å². The molecule has 1 N–H and O–H groups in total. The number of ether oxygens (including phenoxy) is 1. The third kappa shape index (κ3) is 5.83. The maximum absolute atomic E-state index is 12.6. The Labute approximate surface area is 162 Å². The number of carbonyl (C=O) groups excluding carboxylic acids is 1. The van der Waals surface area contributed by atoms with E-state index in [1.165, 1.54) is 25.8 Å². The lowest BCUT2D eigenvalue weighted by Gasteiger charge is -2.33. The number of rotatable bonds is 8. The van der Waals surface area contributed by atoms with Crippen LogP contribution in [0.1, 0.15) is 49.4 Å². The summed E-state index contributed by atoms with van der Waals surface area (Å²) in [6.07, 6.45) is 6.11. The summed E-state index contributed by atoms with van der Waals surface area (Å²) in [7, 11) is 0. The molecule has 144 valence electrons. The molecule has 0 aliphatic carbocycles. The monoisotopic (exact) mass is 366 g/mol. The zero-order valence-corrected chi connectivity index (χ0v) is 16.2. The van der Waals surface area contributed by atoms with Crippen LogP contribution in [0.15, 0.2) is 54.6 Å². The smallest absolute Gasteiger partial charge is 0.255 e. The molecule has 0 saturated carbocycles. The van der Waals surface area contributed by atoms with Gasteiger partial charge in [0.15, 0.2) is 0 Å². The molecule has 2 aromatic rings. The standard InChI is InChI=1S/C23H30N2O2/c1-19-11-7-9-17-25(19)18-10-8-16-24-23(26)21-14-5-6-15-22(21)27-20-12-3-2-4-13-20/h2-6,12-15,19H,7-11,16-18H2,1H3,(H,24,26). The van der Waals surface area contributed by atoms with E-state index >= 15 is 0 Å². The summed E-state index contributed by atoms with van der Waals surface area (Å²) in [5.41, 5.74) is 0.575. The number of piperidine rings is 1. The van der Waals surface area contributed by atoms with Gasteiger partial charge in [0.25, 0.3) is 5.91 Å². The highest BCUT2D eigenvalue weighted by Gasteiger charge is 2.17. The normalized spacial score (nSPS) is 17.4. The summed E-state index contributed by atoms with van der Waals surface area (Å²) in [5.74, 6) is 1.24. The zero-order valence-electron chi connectivity index (χ0n) is 16.2. The third-order valence-corrected chi connectivity index (χ3v) is 5.20. The molecule has 4 nitrogen and oxygen atoms in total. The van der Waals surface area contributed by atoms with E-state index in [-0.39, 0.29) is 5.91 Å². The van der Waals surface area contributed by atoms with Gasteiger partial charge < -0.3 is 15.0 Å². The van der Waals surface area contributed by atoms with Crippen molar-refractivity contribution in [1.29, 1.82) is 0 Å². The van der Waals surface area contributed by atoms with Crippen molar-refractivity contribution in [3.05, 3.63) is 60.2 Å². The number of amides is 1. The molecule has 0 aromatic heterocycles. The van der Waals surface area contributed by atoms with Crippen molar-refractivity contribution in [3.8, 4) is 11.5 Å². The molecule has 0 radical (unpaired) electrons. The lowest BCUT2D eigenvalue weighted by Crippen LogP contribution is -2.38. The number of hydrogen-bond acceptors (Lipinski definition) is 3. The van der Waals surface area contributed by atoms with Gasteiger partial charge in [0.2, 0.25) is 0 Å². The number of nitrogens with zero attached hydrogens (tertiary/aromatic N) is 1. The molecular formula is C23H30N2O2. The lowest BCUT2D eigenvalue weighted by molar-refractivity contribution is 0.0949. The molecule has 1 amide bonds. The lowest BCUT2D eigenvalue weighted by atomic mass is 10.0. The fourth-order valence-electron chi connectivity index (χ4n) is 3.59. The van der Waals surface area contributed by atoms with Crippen molar-refractivity contribution in [3.63, 3.8) is 0 Å². The number of unbranched alkanes of at least 4 members (excludes halogenated alkanes) is 1.